The maximum absolute atomic E-state index is 12.2. The van der Waals surface area contributed by atoms with Crippen LogP contribution < -0.4 is 10.9 Å². The summed E-state index contributed by atoms with van der Waals surface area (Å²) in [6, 6.07) is 14.6. The Balaban J connectivity index is 1.74. The van der Waals surface area contributed by atoms with Crippen LogP contribution in [0.5, 0.6) is 0 Å². The fraction of sp³-hybridized carbons (Fsp3) is 0.167. The molecule has 24 heavy (non-hydrogen) atoms. The van der Waals surface area contributed by atoms with Gasteiger partial charge in [0.2, 0.25) is 0 Å². The van der Waals surface area contributed by atoms with Gasteiger partial charge in [-0.1, -0.05) is 35.9 Å². The minimum absolute atomic E-state index is 0.231. The minimum atomic E-state index is -0.291. The summed E-state index contributed by atoms with van der Waals surface area (Å²) in [6.07, 6.45) is 0. The van der Waals surface area contributed by atoms with Crippen LogP contribution in [0.25, 0.3) is 0 Å². The number of carbonyl (C=O) groups excluding carboxylic acids is 1. The molecule has 122 valence electrons. The summed E-state index contributed by atoms with van der Waals surface area (Å²) in [5, 5.41) is 8.96. The Morgan fingerprint density at radius 2 is 1.96 bits per heavy atom. The van der Waals surface area contributed by atoms with Crippen molar-refractivity contribution >= 4 is 17.2 Å². The summed E-state index contributed by atoms with van der Waals surface area (Å²) in [5.41, 5.74) is 2.12. The van der Waals surface area contributed by atoms with Crippen LogP contribution in [0.15, 0.2) is 58.7 Å². The number of nitrogens with one attached hydrogen (secondary N) is 1. The van der Waals surface area contributed by atoms with E-state index in [4.69, 9.17) is 0 Å². The topological polar surface area (TPSA) is 64.0 Å². The van der Waals surface area contributed by atoms with Gasteiger partial charge in [0.05, 0.1) is 13.1 Å². The highest BCUT2D eigenvalue weighted by Gasteiger charge is 2.10. The molecule has 0 unspecified atom stereocenters. The number of rotatable bonds is 5. The molecule has 1 amide bonds. The van der Waals surface area contributed by atoms with Crippen LogP contribution in [0, 0.1) is 6.92 Å². The second kappa shape index (κ2) is 7.23. The first-order valence-corrected chi connectivity index (χ1v) is 8.44. The molecule has 0 aliphatic carbocycles. The zero-order valence-electron chi connectivity index (χ0n) is 13.2. The number of aryl methyl sites for hydroxylation is 1. The predicted octanol–water partition coefficient (Wildman–Crippen LogP) is 2.59. The van der Waals surface area contributed by atoms with Crippen molar-refractivity contribution in [3.63, 3.8) is 0 Å². The smallest absolute Gasteiger partial charge is 0.272 e. The molecule has 1 aromatic carbocycles. The van der Waals surface area contributed by atoms with Gasteiger partial charge in [0, 0.05) is 10.9 Å². The van der Waals surface area contributed by atoms with Gasteiger partial charge in [-0.25, -0.2) is 4.68 Å². The third-order valence-electron chi connectivity index (χ3n) is 3.56. The number of carbonyl (C=O) groups is 1. The molecule has 1 N–H and O–H groups in total. The summed E-state index contributed by atoms with van der Waals surface area (Å²) in [5.74, 6) is -0.291. The van der Waals surface area contributed by atoms with Crippen molar-refractivity contribution in [2.45, 2.75) is 20.0 Å². The predicted molar refractivity (Wildman–Crippen MR) is 94.3 cm³/mol. The number of hydrogen-bond donors (Lipinski definition) is 1. The van der Waals surface area contributed by atoms with E-state index in [0.29, 0.717) is 13.1 Å². The molecular weight excluding hydrogens is 322 g/mol. The summed E-state index contributed by atoms with van der Waals surface area (Å²) < 4.78 is 1.31. The average molecular weight is 339 g/mol. The van der Waals surface area contributed by atoms with Gasteiger partial charge >= 0.3 is 0 Å². The summed E-state index contributed by atoms with van der Waals surface area (Å²) in [7, 11) is 0. The molecular formula is C18H17N3O2S. The molecule has 3 rings (SSSR count). The van der Waals surface area contributed by atoms with Gasteiger partial charge in [0.1, 0.15) is 5.69 Å². The van der Waals surface area contributed by atoms with Gasteiger partial charge in [-0.3, -0.25) is 9.59 Å². The lowest BCUT2D eigenvalue weighted by Crippen LogP contribution is -2.29. The lowest BCUT2D eigenvalue weighted by atomic mass is 10.1. The largest absolute Gasteiger partial charge is 0.346 e. The molecule has 0 aliphatic heterocycles. The van der Waals surface area contributed by atoms with E-state index in [1.807, 2.05) is 48.7 Å². The van der Waals surface area contributed by atoms with Crippen LogP contribution in [0.3, 0.4) is 0 Å². The minimum Gasteiger partial charge on any atom is -0.346 e. The molecule has 3 aromatic rings. The lowest BCUT2D eigenvalue weighted by Gasteiger charge is -2.08. The van der Waals surface area contributed by atoms with E-state index in [0.717, 1.165) is 16.0 Å². The van der Waals surface area contributed by atoms with Gasteiger partial charge in [-0.05, 0) is 30.0 Å². The Morgan fingerprint density at radius 3 is 2.67 bits per heavy atom. The number of aromatic nitrogens is 2. The van der Waals surface area contributed by atoms with E-state index < -0.39 is 0 Å². The fourth-order valence-electron chi connectivity index (χ4n) is 2.22. The van der Waals surface area contributed by atoms with Gasteiger partial charge in [0.15, 0.2) is 0 Å². The van der Waals surface area contributed by atoms with Gasteiger partial charge < -0.3 is 5.32 Å². The Bertz CT molecular complexity index is 883. The normalized spacial score (nSPS) is 10.5. The molecule has 0 fully saturated rings. The number of thiophene rings is 1. The third kappa shape index (κ3) is 3.97. The van der Waals surface area contributed by atoms with Crippen molar-refractivity contribution in [1.29, 1.82) is 0 Å². The van der Waals surface area contributed by atoms with Crippen LogP contribution in [0.1, 0.15) is 26.5 Å². The second-order valence-corrected chi connectivity index (χ2v) is 6.49. The molecule has 0 saturated carbocycles. The summed E-state index contributed by atoms with van der Waals surface area (Å²) in [4.78, 5) is 25.3. The van der Waals surface area contributed by atoms with Crippen LogP contribution in [-0.4, -0.2) is 15.7 Å². The number of amides is 1. The summed E-state index contributed by atoms with van der Waals surface area (Å²) in [6.45, 7) is 2.80. The Morgan fingerprint density at radius 1 is 1.17 bits per heavy atom. The zero-order chi connectivity index (χ0) is 16.9. The second-order valence-electron chi connectivity index (χ2n) is 5.46. The highest BCUT2D eigenvalue weighted by molar-refractivity contribution is 7.09. The van der Waals surface area contributed by atoms with Crippen LogP contribution >= 0.6 is 11.3 Å². The Kier molecular flexibility index (Phi) is 4.86. The maximum Gasteiger partial charge on any atom is 0.272 e. The standard InChI is InChI=1S/C18H17N3O2S/c1-13-4-6-14(7-5-13)12-21-17(22)9-8-16(20-21)18(23)19-11-15-3-2-10-24-15/h2-10H,11-12H2,1H3,(H,19,23). The first kappa shape index (κ1) is 16.1. The molecule has 6 heteroatoms. The molecule has 0 spiro atoms. The third-order valence-corrected chi connectivity index (χ3v) is 4.43. The van der Waals surface area contributed by atoms with E-state index in [-0.39, 0.29) is 17.2 Å². The van der Waals surface area contributed by atoms with Crippen LogP contribution in [0.4, 0.5) is 0 Å². The van der Waals surface area contributed by atoms with Crippen molar-refractivity contribution < 1.29 is 4.79 Å². The van der Waals surface area contributed by atoms with E-state index in [2.05, 4.69) is 10.4 Å². The first-order valence-electron chi connectivity index (χ1n) is 7.56. The number of hydrogen-bond acceptors (Lipinski definition) is 4. The molecule has 0 radical (unpaired) electrons. The number of nitrogens with zero attached hydrogens (tertiary/aromatic N) is 2. The Labute approximate surface area is 143 Å². The van der Waals surface area contributed by atoms with E-state index in [1.165, 1.54) is 16.8 Å². The maximum atomic E-state index is 12.2. The van der Waals surface area contributed by atoms with Gasteiger partial charge in [-0.15, -0.1) is 11.3 Å². The molecule has 0 atom stereocenters. The highest BCUT2D eigenvalue weighted by atomic mass is 32.1. The molecule has 0 aliphatic rings. The van der Waals surface area contributed by atoms with E-state index in [9.17, 15) is 9.59 Å². The van der Waals surface area contributed by atoms with Crippen molar-refractivity contribution in [2.24, 2.45) is 0 Å². The monoisotopic (exact) mass is 339 g/mol. The SMILES string of the molecule is Cc1ccc(Cn2nc(C(=O)NCc3cccs3)ccc2=O)cc1. The number of benzene rings is 1. The van der Waals surface area contributed by atoms with Gasteiger partial charge in [-0.2, -0.15) is 5.10 Å². The van der Waals surface area contributed by atoms with E-state index in [1.54, 1.807) is 11.3 Å². The lowest BCUT2D eigenvalue weighted by molar-refractivity contribution is 0.0944. The van der Waals surface area contributed by atoms with Crippen molar-refractivity contribution in [2.75, 3.05) is 0 Å². The first-order chi connectivity index (χ1) is 11.6. The molecule has 0 bridgehead atoms. The molecule has 2 heterocycles. The fourth-order valence-corrected chi connectivity index (χ4v) is 2.87. The van der Waals surface area contributed by atoms with Crippen LogP contribution in [-0.2, 0) is 13.1 Å². The highest BCUT2D eigenvalue weighted by Crippen LogP contribution is 2.08. The van der Waals surface area contributed by atoms with Crippen molar-refractivity contribution in [3.8, 4) is 0 Å². The van der Waals surface area contributed by atoms with Crippen LogP contribution in [0.2, 0.25) is 0 Å². The van der Waals surface area contributed by atoms with E-state index >= 15 is 0 Å². The quantitative estimate of drug-likeness (QED) is 0.777. The molecule has 5 nitrogen and oxygen atoms in total. The summed E-state index contributed by atoms with van der Waals surface area (Å²) >= 11 is 1.58. The Hall–Kier alpha value is -2.73. The van der Waals surface area contributed by atoms with Gasteiger partial charge in [0.25, 0.3) is 11.5 Å². The average Bonchev–Trinajstić information content (AvgIpc) is 3.10. The molecule has 0 saturated heterocycles. The zero-order valence-corrected chi connectivity index (χ0v) is 14.0. The van der Waals surface area contributed by atoms with Crippen molar-refractivity contribution in [1.82, 2.24) is 15.1 Å². The molecule has 2 aromatic heterocycles. The van der Waals surface area contributed by atoms with Crippen molar-refractivity contribution in [3.05, 3.63) is 86.0 Å².